The molecule has 3 nitrogen and oxygen atoms in total. The van der Waals surface area contributed by atoms with E-state index >= 15 is 0 Å². The standard InChI is InChI=1S/C12H20N2OS/c1-9(2)7-11(15)13-6-4-5-12-14-10(3)8-16-12/h8-9H,4-7H2,1-3H3,(H,13,15). The molecule has 1 N–H and O–H groups in total. The Morgan fingerprint density at radius 1 is 1.56 bits per heavy atom. The largest absolute Gasteiger partial charge is 0.356 e. The summed E-state index contributed by atoms with van der Waals surface area (Å²) in [7, 11) is 0. The number of nitrogens with one attached hydrogen (secondary N) is 1. The zero-order chi connectivity index (χ0) is 12.0. The SMILES string of the molecule is Cc1csc(CCCNC(=O)CC(C)C)n1. The summed E-state index contributed by atoms with van der Waals surface area (Å²) in [5, 5.41) is 6.15. The Hall–Kier alpha value is -0.900. The highest BCUT2D eigenvalue weighted by atomic mass is 32.1. The number of amides is 1. The molecule has 0 aromatic carbocycles. The summed E-state index contributed by atoms with van der Waals surface area (Å²) >= 11 is 1.70. The molecule has 0 aliphatic rings. The van der Waals surface area contributed by atoms with Crippen LogP contribution >= 0.6 is 11.3 Å². The quantitative estimate of drug-likeness (QED) is 0.776. The molecular weight excluding hydrogens is 220 g/mol. The minimum atomic E-state index is 0.158. The number of aromatic nitrogens is 1. The van der Waals surface area contributed by atoms with Crippen LogP contribution in [0.4, 0.5) is 0 Å². The van der Waals surface area contributed by atoms with Gasteiger partial charge in [-0.3, -0.25) is 4.79 Å². The van der Waals surface area contributed by atoms with Crippen molar-refractivity contribution in [1.82, 2.24) is 10.3 Å². The lowest BCUT2D eigenvalue weighted by Gasteiger charge is -2.06. The normalized spacial score (nSPS) is 10.8. The number of nitrogens with zero attached hydrogens (tertiary/aromatic N) is 1. The van der Waals surface area contributed by atoms with Crippen LogP contribution in [0, 0.1) is 12.8 Å². The van der Waals surface area contributed by atoms with Gasteiger partial charge in [-0.25, -0.2) is 4.98 Å². The fourth-order valence-electron chi connectivity index (χ4n) is 1.43. The molecule has 0 saturated carbocycles. The van der Waals surface area contributed by atoms with Crippen LogP contribution in [0.25, 0.3) is 0 Å². The first kappa shape index (κ1) is 13.2. The van der Waals surface area contributed by atoms with Crippen LogP contribution in [0.3, 0.4) is 0 Å². The molecule has 0 aliphatic heterocycles. The van der Waals surface area contributed by atoms with Gasteiger partial charge in [0.1, 0.15) is 0 Å². The van der Waals surface area contributed by atoms with Crippen LogP contribution in [0.15, 0.2) is 5.38 Å². The lowest BCUT2D eigenvalue weighted by molar-refractivity contribution is -0.121. The number of hydrogen-bond donors (Lipinski definition) is 1. The summed E-state index contributed by atoms with van der Waals surface area (Å²) in [5.41, 5.74) is 1.09. The molecule has 16 heavy (non-hydrogen) atoms. The minimum Gasteiger partial charge on any atom is -0.356 e. The molecule has 4 heteroatoms. The van der Waals surface area contributed by atoms with Crippen molar-refractivity contribution in [3.63, 3.8) is 0 Å². The van der Waals surface area contributed by atoms with Gasteiger partial charge in [0.15, 0.2) is 0 Å². The average molecular weight is 240 g/mol. The van der Waals surface area contributed by atoms with E-state index in [1.54, 1.807) is 11.3 Å². The van der Waals surface area contributed by atoms with Gasteiger partial charge in [0.05, 0.1) is 5.01 Å². The Morgan fingerprint density at radius 2 is 2.31 bits per heavy atom. The fourth-order valence-corrected chi connectivity index (χ4v) is 2.25. The molecule has 0 bridgehead atoms. The number of carbonyl (C=O) groups is 1. The first-order valence-electron chi connectivity index (χ1n) is 5.75. The van der Waals surface area contributed by atoms with Crippen LogP contribution in [-0.4, -0.2) is 17.4 Å². The molecule has 1 amide bonds. The van der Waals surface area contributed by atoms with Crippen molar-refractivity contribution in [1.29, 1.82) is 0 Å². The molecule has 0 unspecified atom stereocenters. The van der Waals surface area contributed by atoms with Crippen molar-refractivity contribution in [3.05, 3.63) is 16.1 Å². The first-order chi connectivity index (χ1) is 7.58. The summed E-state index contributed by atoms with van der Waals surface area (Å²) in [6.45, 7) is 6.87. The van der Waals surface area contributed by atoms with E-state index in [2.05, 4.69) is 29.5 Å². The maximum Gasteiger partial charge on any atom is 0.220 e. The van der Waals surface area contributed by atoms with Crippen molar-refractivity contribution >= 4 is 17.2 Å². The zero-order valence-corrected chi connectivity index (χ0v) is 11.1. The third-order valence-electron chi connectivity index (χ3n) is 2.15. The van der Waals surface area contributed by atoms with E-state index in [4.69, 9.17) is 0 Å². The predicted octanol–water partition coefficient (Wildman–Crippen LogP) is 2.55. The van der Waals surface area contributed by atoms with Gasteiger partial charge in [0.25, 0.3) is 0 Å². The van der Waals surface area contributed by atoms with E-state index in [-0.39, 0.29) is 5.91 Å². The summed E-state index contributed by atoms with van der Waals surface area (Å²) < 4.78 is 0. The molecule has 1 aromatic heterocycles. The van der Waals surface area contributed by atoms with E-state index in [1.165, 1.54) is 0 Å². The zero-order valence-electron chi connectivity index (χ0n) is 10.2. The van der Waals surface area contributed by atoms with Gasteiger partial charge < -0.3 is 5.32 Å². The van der Waals surface area contributed by atoms with E-state index in [9.17, 15) is 4.79 Å². The van der Waals surface area contributed by atoms with Crippen LogP contribution in [-0.2, 0) is 11.2 Å². The van der Waals surface area contributed by atoms with Crippen molar-refractivity contribution in [2.75, 3.05) is 6.54 Å². The number of thiazole rings is 1. The maximum atomic E-state index is 11.3. The molecule has 0 aliphatic carbocycles. The first-order valence-corrected chi connectivity index (χ1v) is 6.63. The molecule has 1 rings (SSSR count). The maximum absolute atomic E-state index is 11.3. The topological polar surface area (TPSA) is 42.0 Å². The Kier molecular flexibility index (Phi) is 5.46. The summed E-state index contributed by atoms with van der Waals surface area (Å²) in [6, 6.07) is 0. The Balaban J connectivity index is 2.10. The van der Waals surface area contributed by atoms with Gasteiger partial charge >= 0.3 is 0 Å². The molecule has 0 atom stereocenters. The number of hydrogen-bond acceptors (Lipinski definition) is 3. The Morgan fingerprint density at radius 3 is 2.88 bits per heavy atom. The van der Waals surface area contributed by atoms with Gasteiger partial charge in [-0.2, -0.15) is 0 Å². The van der Waals surface area contributed by atoms with Gasteiger partial charge in [-0.1, -0.05) is 13.8 Å². The van der Waals surface area contributed by atoms with Gasteiger partial charge in [-0.15, -0.1) is 11.3 Å². The summed E-state index contributed by atoms with van der Waals surface area (Å²) in [5.74, 6) is 0.590. The summed E-state index contributed by atoms with van der Waals surface area (Å²) in [6.07, 6.45) is 2.55. The third kappa shape index (κ3) is 5.26. The van der Waals surface area contributed by atoms with E-state index in [0.29, 0.717) is 12.3 Å². The smallest absolute Gasteiger partial charge is 0.220 e. The third-order valence-corrected chi connectivity index (χ3v) is 3.18. The molecule has 1 heterocycles. The number of rotatable bonds is 6. The van der Waals surface area contributed by atoms with Gasteiger partial charge in [-0.05, 0) is 19.3 Å². The predicted molar refractivity (Wildman–Crippen MR) is 67.6 cm³/mol. The second kappa shape index (κ2) is 6.63. The van der Waals surface area contributed by atoms with Gasteiger partial charge in [0.2, 0.25) is 5.91 Å². The second-order valence-electron chi connectivity index (χ2n) is 4.43. The van der Waals surface area contributed by atoms with Crippen LogP contribution < -0.4 is 5.32 Å². The monoisotopic (exact) mass is 240 g/mol. The molecule has 0 radical (unpaired) electrons. The van der Waals surface area contributed by atoms with Crippen LogP contribution in [0.1, 0.15) is 37.4 Å². The van der Waals surface area contributed by atoms with E-state index < -0.39 is 0 Å². The highest BCUT2D eigenvalue weighted by Gasteiger charge is 2.04. The Labute approximate surface area is 101 Å². The van der Waals surface area contributed by atoms with E-state index in [0.717, 1.165) is 30.1 Å². The Bertz CT molecular complexity index is 334. The number of aryl methyl sites for hydroxylation is 2. The van der Waals surface area contributed by atoms with E-state index in [1.807, 2.05) is 6.92 Å². The lowest BCUT2D eigenvalue weighted by atomic mass is 10.1. The van der Waals surface area contributed by atoms with Crippen molar-refractivity contribution in [3.8, 4) is 0 Å². The molecular formula is C12H20N2OS. The molecule has 0 spiro atoms. The fraction of sp³-hybridized carbons (Fsp3) is 0.667. The molecule has 0 fully saturated rings. The highest BCUT2D eigenvalue weighted by Crippen LogP contribution is 2.10. The molecule has 1 aromatic rings. The summed E-state index contributed by atoms with van der Waals surface area (Å²) in [4.78, 5) is 15.7. The number of carbonyl (C=O) groups excluding carboxylic acids is 1. The average Bonchev–Trinajstić information content (AvgIpc) is 2.58. The molecule has 0 saturated heterocycles. The van der Waals surface area contributed by atoms with Crippen molar-refractivity contribution in [2.45, 2.75) is 40.0 Å². The lowest BCUT2D eigenvalue weighted by Crippen LogP contribution is -2.25. The van der Waals surface area contributed by atoms with Crippen LogP contribution in [0.2, 0.25) is 0 Å². The van der Waals surface area contributed by atoms with Crippen molar-refractivity contribution in [2.24, 2.45) is 5.92 Å². The van der Waals surface area contributed by atoms with Crippen molar-refractivity contribution < 1.29 is 4.79 Å². The van der Waals surface area contributed by atoms with Gasteiger partial charge in [0, 0.05) is 30.5 Å². The highest BCUT2D eigenvalue weighted by molar-refractivity contribution is 7.09. The minimum absolute atomic E-state index is 0.158. The second-order valence-corrected chi connectivity index (χ2v) is 5.38. The molecule has 90 valence electrons. The van der Waals surface area contributed by atoms with Crippen LogP contribution in [0.5, 0.6) is 0 Å².